The second-order valence-corrected chi connectivity index (χ2v) is 7.60. The number of hydrogen-bond donors (Lipinski definition) is 2. The van der Waals surface area contributed by atoms with Crippen molar-refractivity contribution in [3.05, 3.63) is 51.5 Å². The molecule has 0 saturated carbocycles. The number of piperidine rings is 1. The van der Waals surface area contributed by atoms with Crippen LogP contribution in [0.5, 0.6) is 0 Å². The van der Waals surface area contributed by atoms with Gasteiger partial charge in [-0.3, -0.25) is 9.59 Å². The van der Waals surface area contributed by atoms with Crippen molar-refractivity contribution in [1.29, 1.82) is 0 Å². The Labute approximate surface area is 180 Å². The van der Waals surface area contributed by atoms with E-state index in [1.54, 1.807) is 0 Å². The van der Waals surface area contributed by atoms with Crippen LogP contribution in [0.25, 0.3) is 0 Å². The number of hydrogen-bond acceptors (Lipinski definition) is 3. The number of amides is 2. The van der Waals surface area contributed by atoms with Gasteiger partial charge in [0.1, 0.15) is 17.2 Å². The van der Waals surface area contributed by atoms with E-state index in [9.17, 15) is 49.6 Å². The Balaban J connectivity index is 1.89. The third kappa shape index (κ3) is 5.14. The first kappa shape index (κ1) is 24.6. The van der Waals surface area contributed by atoms with Crippen LogP contribution in [-0.4, -0.2) is 47.1 Å². The number of benzene rings is 1. The normalized spacial score (nSPS) is 23.8. The molecule has 1 aromatic carbocycles. The third-order valence-electron chi connectivity index (χ3n) is 5.44. The van der Waals surface area contributed by atoms with Gasteiger partial charge in [0.05, 0.1) is 12.5 Å². The van der Waals surface area contributed by atoms with Gasteiger partial charge >= 0.3 is 12.4 Å². The fourth-order valence-electron chi connectivity index (χ4n) is 3.93. The largest absolute Gasteiger partial charge is 0.455 e. The van der Waals surface area contributed by atoms with Crippen molar-refractivity contribution in [2.75, 3.05) is 0 Å². The third-order valence-corrected chi connectivity index (χ3v) is 5.44. The van der Waals surface area contributed by atoms with Crippen LogP contribution >= 0.6 is 0 Å². The summed E-state index contributed by atoms with van der Waals surface area (Å²) >= 11 is 0. The highest BCUT2D eigenvalue weighted by Gasteiger charge is 2.64. The summed E-state index contributed by atoms with van der Waals surface area (Å²) in [6.45, 7) is -0.558. The minimum absolute atomic E-state index is 0.200. The average Bonchev–Trinajstić information content (AvgIpc) is 2.66. The summed E-state index contributed by atoms with van der Waals surface area (Å²) < 4.78 is 107. The van der Waals surface area contributed by atoms with Gasteiger partial charge in [0.15, 0.2) is 0 Å². The molecule has 1 fully saturated rings. The van der Waals surface area contributed by atoms with Crippen LogP contribution in [0.3, 0.4) is 0 Å². The first-order valence-electron chi connectivity index (χ1n) is 9.54. The number of rotatable bonds is 4. The summed E-state index contributed by atoms with van der Waals surface area (Å²) in [6, 6.07) is -4.23. The van der Waals surface area contributed by atoms with Crippen molar-refractivity contribution in [1.82, 2.24) is 10.6 Å². The van der Waals surface area contributed by atoms with Crippen molar-refractivity contribution in [3.8, 4) is 0 Å². The quantitative estimate of drug-likeness (QED) is 0.507. The van der Waals surface area contributed by atoms with Crippen LogP contribution in [0.1, 0.15) is 24.8 Å². The predicted molar refractivity (Wildman–Crippen MR) is 94.3 cm³/mol. The zero-order valence-corrected chi connectivity index (χ0v) is 16.5. The highest BCUT2D eigenvalue weighted by molar-refractivity contribution is 6.00. The number of nitrogens with one attached hydrogen (secondary N) is 2. The van der Waals surface area contributed by atoms with Crippen LogP contribution in [0, 0.1) is 16.5 Å². The lowest BCUT2D eigenvalue weighted by atomic mass is 9.81. The number of carbonyl (C=O) groups excluding carboxylic acids is 2. The van der Waals surface area contributed by atoms with Crippen molar-refractivity contribution in [2.24, 2.45) is 0 Å². The van der Waals surface area contributed by atoms with Crippen molar-refractivity contribution < 1.29 is 49.5 Å². The molecule has 33 heavy (non-hydrogen) atoms. The van der Waals surface area contributed by atoms with Crippen LogP contribution < -0.4 is 10.6 Å². The van der Waals surface area contributed by atoms with E-state index in [0.717, 1.165) is 12.1 Å². The molecule has 2 N–H and O–H groups in total. The molecule has 0 bridgehead atoms. The van der Waals surface area contributed by atoms with Crippen LogP contribution in [-0.2, 0) is 16.1 Å². The number of fused-ring (bicyclic) bond motifs is 1. The van der Waals surface area contributed by atoms with E-state index < -0.39 is 95.6 Å². The fraction of sp³-hybridized carbons (Fsp3) is 0.474. The minimum atomic E-state index is -5.38. The fourth-order valence-corrected chi connectivity index (χ4v) is 3.93. The number of nitroso groups, excluding NO2 is 1. The van der Waals surface area contributed by atoms with E-state index in [-0.39, 0.29) is 5.56 Å². The van der Waals surface area contributed by atoms with E-state index in [0.29, 0.717) is 6.07 Å². The Hall–Kier alpha value is -3.06. The number of carbonyl (C=O) groups is 2. The molecule has 2 aliphatic rings. The van der Waals surface area contributed by atoms with Gasteiger partial charge < -0.3 is 10.6 Å². The average molecular weight is 486 g/mol. The van der Waals surface area contributed by atoms with E-state index in [2.05, 4.69) is 10.6 Å². The number of alkyl halides is 6. The standard InChI is InChI=1S/C19H15F8N3O3/c20-9-2-1-8(11(21)5-9)7-28-14(31)6-10-15(19(25,26)27)16-12(29-17(10)32)3-4-13(30(16)33)18(22,23)24/h1-2,5,12-13,16H,3-4,6-7H2,(H-,28,29,31,32)/p+1. The smallest absolute Gasteiger partial charge is 0.352 e. The van der Waals surface area contributed by atoms with Gasteiger partial charge in [-0.05, 0) is 12.5 Å². The molecule has 1 aromatic rings. The SMILES string of the molecule is O=C(CC1=C(C(F)(F)F)C2C(CCC(C(F)(F)F)[N+]2=O)NC1=O)NCc1ccc(F)cc1F. The van der Waals surface area contributed by atoms with Gasteiger partial charge in [0.25, 0.3) is 12.1 Å². The van der Waals surface area contributed by atoms with Gasteiger partial charge in [-0.1, -0.05) is 6.07 Å². The maximum absolute atomic E-state index is 13.8. The predicted octanol–water partition coefficient (Wildman–Crippen LogP) is 3.20. The molecule has 2 heterocycles. The molecule has 0 spiro atoms. The van der Waals surface area contributed by atoms with Crippen LogP contribution in [0.4, 0.5) is 35.1 Å². The zero-order chi connectivity index (χ0) is 24.7. The second kappa shape index (κ2) is 8.71. The molecule has 3 atom stereocenters. The monoisotopic (exact) mass is 486 g/mol. The van der Waals surface area contributed by atoms with Gasteiger partial charge in [-0.25, -0.2) is 8.78 Å². The molecule has 1 saturated heterocycles. The first-order valence-corrected chi connectivity index (χ1v) is 9.54. The summed E-state index contributed by atoms with van der Waals surface area (Å²) in [5, 5.41) is 4.14. The molecule has 6 nitrogen and oxygen atoms in total. The Kier molecular flexibility index (Phi) is 6.48. The Morgan fingerprint density at radius 1 is 1.12 bits per heavy atom. The summed E-state index contributed by atoms with van der Waals surface area (Å²) in [4.78, 5) is 36.8. The Morgan fingerprint density at radius 2 is 1.79 bits per heavy atom. The summed E-state index contributed by atoms with van der Waals surface area (Å²) in [5.41, 5.74) is -3.22. The molecule has 2 amide bonds. The van der Waals surface area contributed by atoms with Gasteiger partial charge in [-0.15, -0.1) is 0 Å². The van der Waals surface area contributed by atoms with Gasteiger partial charge in [0.2, 0.25) is 11.8 Å². The topological polar surface area (TPSA) is 78.3 Å². The van der Waals surface area contributed by atoms with Crippen molar-refractivity contribution >= 4 is 11.8 Å². The lowest BCUT2D eigenvalue weighted by Crippen LogP contribution is -2.62. The van der Waals surface area contributed by atoms with Crippen LogP contribution in [0.2, 0.25) is 0 Å². The molecule has 2 aliphatic heterocycles. The van der Waals surface area contributed by atoms with Gasteiger partial charge in [0, 0.05) is 39.8 Å². The number of nitrogens with zero attached hydrogens (tertiary/aromatic N) is 1. The maximum Gasteiger partial charge on any atom is 0.455 e. The molecule has 0 aromatic heterocycles. The van der Waals surface area contributed by atoms with E-state index in [4.69, 9.17) is 0 Å². The van der Waals surface area contributed by atoms with Crippen molar-refractivity contribution in [3.63, 3.8) is 0 Å². The molecule has 0 aliphatic carbocycles. The molecular weight excluding hydrogens is 470 g/mol. The van der Waals surface area contributed by atoms with Crippen LogP contribution in [0.15, 0.2) is 29.3 Å². The van der Waals surface area contributed by atoms with E-state index in [1.807, 2.05) is 0 Å². The molecule has 180 valence electrons. The highest BCUT2D eigenvalue weighted by Crippen LogP contribution is 2.42. The van der Waals surface area contributed by atoms with Gasteiger partial charge in [-0.2, -0.15) is 26.3 Å². The Morgan fingerprint density at radius 3 is 2.36 bits per heavy atom. The second-order valence-electron chi connectivity index (χ2n) is 7.60. The molecule has 3 rings (SSSR count). The molecule has 3 unspecified atom stereocenters. The maximum atomic E-state index is 13.8. The molecule has 0 radical (unpaired) electrons. The molecule has 14 heteroatoms. The summed E-state index contributed by atoms with van der Waals surface area (Å²) in [6.07, 6.45) is -13.0. The lowest BCUT2D eigenvalue weighted by Gasteiger charge is -2.36. The lowest BCUT2D eigenvalue weighted by molar-refractivity contribution is -0.655. The highest BCUT2D eigenvalue weighted by atomic mass is 19.4. The van der Waals surface area contributed by atoms with Crippen molar-refractivity contribution in [2.45, 2.75) is 56.3 Å². The van der Waals surface area contributed by atoms with E-state index in [1.165, 1.54) is 0 Å². The summed E-state index contributed by atoms with van der Waals surface area (Å²) in [5.74, 6) is -4.47. The zero-order valence-electron chi connectivity index (χ0n) is 16.5. The minimum Gasteiger partial charge on any atom is -0.352 e. The summed E-state index contributed by atoms with van der Waals surface area (Å²) in [7, 11) is 0. The number of halogens is 8. The molecular formula is C19H16F8N3O3+. The first-order chi connectivity index (χ1) is 15.2. The Bertz CT molecular complexity index is 1020. The van der Waals surface area contributed by atoms with E-state index >= 15 is 0 Å².